The second kappa shape index (κ2) is 8.82. The standard InChI is InChI=1S/C26H23N5O3/c1-16-6-9-22(21-5-4-10-27-24(16)21)30-26(32)19-11-18-14-29-31(25(18)28-13-19)15-17-7-8-20(33-2)12-23(17)34-3/h4-14H,15H2,1-3H3,(H,30,32). The molecule has 5 aromatic rings. The molecule has 2 aromatic carbocycles. The van der Waals surface area contributed by atoms with Gasteiger partial charge in [-0.25, -0.2) is 9.67 Å². The first-order chi connectivity index (χ1) is 16.6. The summed E-state index contributed by atoms with van der Waals surface area (Å²) in [5.41, 5.74) is 4.70. The lowest BCUT2D eigenvalue weighted by Gasteiger charge is -2.11. The van der Waals surface area contributed by atoms with Crippen molar-refractivity contribution in [2.24, 2.45) is 0 Å². The molecule has 0 fully saturated rings. The zero-order chi connectivity index (χ0) is 23.7. The smallest absolute Gasteiger partial charge is 0.257 e. The fourth-order valence-electron chi connectivity index (χ4n) is 3.97. The Kier molecular flexibility index (Phi) is 5.55. The predicted octanol–water partition coefficient (Wildman–Crippen LogP) is 4.61. The Morgan fingerprint density at radius 3 is 2.74 bits per heavy atom. The highest BCUT2D eigenvalue weighted by Crippen LogP contribution is 2.27. The van der Waals surface area contributed by atoms with Crippen LogP contribution in [0.3, 0.4) is 0 Å². The molecule has 3 heterocycles. The van der Waals surface area contributed by atoms with Gasteiger partial charge in [-0.3, -0.25) is 9.78 Å². The minimum Gasteiger partial charge on any atom is -0.497 e. The van der Waals surface area contributed by atoms with Crippen LogP contribution in [0.4, 0.5) is 5.69 Å². The quantitative estimate of drug-likeness (QED) is 0.404. The van der Waals surface area contributed by atoms with Crippen LogP contribution < -0.4 is 14.8 Å². The lowest BCUT2D eigenvalue weighted by atomic mass is 10.1. The highest BCUT2D eigenvalue weighted by molar-refractivity contribution is 6.09. The second-order valence-electron chi connectivity index (χ2n) is 7.90. The molecule has 1 amide bonds. The monoisotopic (exact) mass is 453 g/mol. The summed E-state index contributed by atoms with van der Waals surface area (Å²) in [7, 11) is 3.24. The normalized spacial score (nSPS) is 11.0. The molecule has 34 heavy (non-hydrogen) atoms. The highest BCUT2D eigenvalue weighted by Gasteiger charge is 2.14. The largest absolute Gasteiger partial charge is 0.497 e. The number of fused-ring (bicyclic) bond motifs is 2. The maximum atomic E-state index is 13.0. The number of methoxy groups -OCH3 is 2. The van der Waals surface area contributed by atoms with Gasteiger partial charge in [0.1, 0.15) is 11.5 Å². The molecule has 0 unspecified atom stereocenters. The molecule has 0 spiro atoms. The Balaban J connectivity index is 1.41. The number of nitrogens with zero attached hydrogens (tertiary/aromatic N) is 4. The number of hydrogen-bond acceptors (Lipinski definition) is 6. The third-order valence-electron chi connectivity index (χ3n) is 5.77. The number of anilines is 1. The molecule has 0 aliphatic carbocycles. The lowest BCUT2D eigenvalue weighted by Crippen LogP contribution is -2.13. The molecule has 3 aromatic heterocycles. The van der Waals surface area contributed by atoms with Gasteiger partial charge in [-0.1, -0.05) is 6.07 Å². The third-order valence-corrected chi connectivity index (χ3v) is 5.77. The molecule has 8 nitrogen and oxygen atoms in total. The van der Waals surface area contributed by atoms with Crippen molar-refractivity contribution >= 4 is 33.5 Å². The van der Waals surface area contributed by atoms with Crippen LogP contribution in [0.2, 0.25) is 0 Å². The molecule has 0 aliphatic heterocycles. The Bertz CT molecular complexity index is 1530. The van der Waals surface area contributed by atoms with Gasteiger partial charge in [0.15, 0.2) is 5.65 Å². The number of pyridine rings is 2. The van der Waals surface area contributed by atoms with Gasteiger partial charge in [-0.2, -0.15) is 5.10 Å². The van der Waals surface area contributed by atoms with Gasteiger partial charge in [0, 0.05) is 34.8 Å². The maximum absolute atomic E-state index is 13.0. The number of nitrogens with one attached hydrogen (secondary N) is 1. The molecular weight excluding hydrogens is 430 g/mol. The van der Waals surface area contributed by atoms with Crippen molar-refractivity contribution < 1.29 is 14.3 Å². The molecule has 1 N–H and O–H groups in total. The summed E-state index contributed by atoms with van der Waals surface area (Å²) in [6, 6.07) is 15.1. The first kappa shape index (κ1) is 21.4. The van der Waals surface area contributed by atoms with E-state index in [9.17, 15) is 4.79 Å². The summed E-state index contributed by atoms with van der Waals surface area (Å²) in [6.07, 6.45) is 5.02. The van der Waals surface area contributed by atoms with Gasteiger partial charge in [-0.05, 0) is 48.9 Å². The van der Waals surface area contributed by atoms with E-state index in [2.05, 4.69) is 20.4 Å². The van der Waals surface area contributed by atoms with Crippen molar-refractivity contribution in [3.8, 4) is 11.5 Å². The first-order valence-corrected chi connectivity index (χ1v) is 10.8. The van der Waals surface area contributed by atoms with E-state index in [1.807, 2.05) is 49.4 Å². The van der Waals surface area contributed by atoms with Gasteiger partial charge in [-0.15, -0.1) is 0 Å². The molecule has 0 radical (unpaired) electrons. The van der Waals surface area contributed by atoms with Gasteiger partial charge in [0.25, 0.3) is 5.91 Å². The molecule has 0 atom stereocenters. The van der Waals surface area contributed by atoms with Gasteiger partial charge in [0.05, 0.1) is 43.7 Å². The van der Waals surface area contributed by atoms with Crippen molar-refractivity contribution in [1.29, 1.82) is 0 Å². The van der Waals surface area contributed by atoms with Gasteiger partial charge < -0.3 is 14.8 Å². The molecule has 0 saturated carbocycles. The van der Waals surface area contributed by atoms with Crippen LogP contribution in [-0.4, -0.2) is 39.9 Å². The van der Waals surface area contributed by atoms with Gasteiger partial charge >= 0.3 is 0 Å². The minimum absolute atomic E-state index is 0.243. The number of rotatable bonds is 6. The number of ether oxygens (including phenoxy) is 2. The number of carbonyl (C=O) groups excluding carboxylic acids is 1. The van der Waals surface area contributed by atoms with E-state index >= 15 is 0 Å². The third kappa shape index (κ3) is 3.90. The van der Waals surface area contributed by atoms with E-state index in [4.69, 9.17) is 9.47 Å². The number of aryl methyl sites for hydroxylation is 1. The SMILES string of the molecule is COc1ccc(Cn2ncc3cc(C(=O)Nc4ccc(C)c5ncccc45)cnc32)c(OC)c1. The molecule has 8 heteroatoms. The Morgan fingerprint density at radius 1 is 1.03 bits per heavy atom. The lowest BCUT2D eigenvalue weighted by molar-refractivity contribution is 0.102. The fourth-order valence-corrected chi connectivity index (χ4v) is 3.97. The zero-order valence-corrected chi connectivity index (χ0v) is 19.1. The number of benzene rings is 2. The molecule has 0 bridgehead atoms. The van der Waals surface area contributed by atoms with Crippen LogP contribution in [0.5, 0.6) is 11.5 Å². The Labute approximate surface area is 196 Å². The molecular formula is C26H23N5O3. The summed E-state index contributed by atoms with van der Waals surface area (Å²) >= 11 is 0. The molecule has 0 aliphatic rings. The molecule has 170 valence electrons. The summed E-state index contributed by atoms with van der Waals surface area (Å²) in [6.45, 7) is 2.47. The van der Waals surface area contributed by atoms with Crippen molar-refractivity contribution in [2.45, 2.75) is 13.5 Å². The van der Waals surface area contributed by atoms with Crippen LogP contribution in [0.15, 0.2) is 67.1 Å². The van der Waals surface area contributed by atoms with E-state index in [0.29, 0.717) is 29.2 Å². The Hall–Kier alpha value is -4.46. The number of carbonyl (C=O) groups is 1. The number of hydrogen-bond donors (Lipinski definition) is 1. The Morgan fingerprint density at radius 2 is 1.91 bits per heavy atom. The van der Waals surface area contributed by atoms with Crippen molar-refractivity contribution in [1.82, 2.24) is 19.7 Å². The topological polar surface area (TPSA) is 91.2 Å². The minimum atomic E-state index is -0.243. The van der Waals surface area contributed by atoms with Gasteiger partial charge in [0.2, 0.25) is 0 Å². The van der Waals surface area contributed by atoms with Crippen molar-refractivity contribution in [2.75, 3.05) is 19.5 Å². The van der Waals surface area contributed by atoms with Crippen LogP contribution in [0.1, 0.15) is 21.5 Å². The average Bonchev–Trinajstić information content (AvgIpc) is 3.28. The first-order valence-electron chi connectivity index (χ1n) is 10.8. The van der Waals surface area contributed by atoms with Crippen molar-refractivity contribution in [3.63, 3.8) is 0 Å². The highest BCUT2D eigenvalue weighted by atomic mass is 16.5. The molecule has 5 rings (SSSR count). The van der Waals surface area contributed by atoms with E-state index in [1.165, 1.54) is 0 Å². The average molecular weight is 454 g/mol. The number of amides is 1. The van der Waals surface area contributed by atoms with Crippen LogP contribution >= 0.6 is 0 Å². The summed E-state index contributed by atoms with van der Waals surface area (Å²) in [5.74, 6) is 1.18. The predicted molar refractivity (Wildman–Crippen MR) is 131 cm³/mol. The van der Waals surface area contributed by atoms with Crippen molar-refractivity contribution in [3.05, 3.63) is 83.8 Å². The van der Waals surface area contributed by atoms with E-state index < -0.39 is 0 Å². The second-order valence-corrected chi connectivity index (χ2v) is 7.90. The van der Waals surface area contributed by atoms with E-state index in [1.54, 1.807) is 43.6 Å². The summed E-state index contributed by atoms with van der Waals surface area (Å²) in [5, 5.41) is 9.13. The van der Waals surface area contributed by atoms with E-state index in [-0.39, 0.29) is 5.91 Å². The van der Waals surface area contributed by atoms with Crippen LogP contribution in [0, 0.1) is 6.92 Å². The maximum Gasteiger partial charge on any atom is 0.257 e. The van der Waals surface area contributed by atoms with E-state index in [0.717, 1.165) is 33.2 Å². The zero-order valence-electron chi connectivity index (χ0n) is 19.1. The number of aromatic nitrogens is 4. The van der Waals surface area contributed by atoms with Crippen LogP contribution in [0.25, 0.3) is 21.9 Å². The summed E-state index contributed by atoms with van der Waals surface area (Å²) in [4.78, 5) is 22.0. The fraction of sp³-hybridized carbons (Fsp3) is 0.154. The van der Waals surface area contributed by atoms with Crippen LogP contribution in [-0.2, 0) is 6.54 Å². The summed E-state index contributed by atoms with van der Waals surface area (Å²) < 4.78 is 12.5. The molecule has 0 saturated heterocycles.